The molecule has 0 saturated carbocycles. The Balaban J connectivity index is 1.58. The van der Waals surface area contributed by atoms with Crippen LogP contribution in [-0.2, 0) is 6.42 Å². The molecule has 1 aliphatic rings. The van der Waals surface area contributed by atoms with Crippen LogP contribution in [0, 0.1) is 0 Å². The normalized spacial score (nSPS) is 14.5. The largest absolute Gasteiger partial charge is 0.331 e. The van der Waals surface area contributed by atoms with Crippen molar-refractivity contribution in [2.45, 2.75) is 19.4 Å². The van der Waals surface area contributed by atoms with Crippen LogP contribution in [0.1, 0.15) is 24.1 Å². The molecule has 0 radical (unpaired) electrons. The number of carbonyl (C=O) groups excluding carboxylic acids is 1. The van der Waals surface area contributed by atoms with E-state index in [0.29, 0.717) is 0 Å². The summed E-state index contributed by atoms with van der Waals surface area (Å²) in [5, 5.41) is 5.54. The first-order valence-electron chi connectivity index (χ1n) is 8.37. The van der Waals surface area contributed by atoms with E-state index >= 15 is 0 Å². The summed E-state index contributed by atoms with van der Waals surface area (Å²) in [6, 6.07) is 22.6. The molecule has 2 amide bonds. The quantitative estimate of drug-likeness (QED) is 0.732. The van der Waals surface area contributed by atoms with Gasteiger partial charge in [-0.3, -0.25) is 4.90 Å². The lowest BCUT2D eigenvalue weighted by Gasteiger charge is -2.22. The van der Waals surface area contributed by atoms with E-state index in [0.717, 1.165) is 24.2 Å². The van der Waals surface area contributed by atoms with Crippen molar-refractivity contribution >= 4 is 22.5 Å². The number of fused-ring (bicyclic) bond motifs is 2. The highest BCUT2D eigenvalue weighted by Gasteiger charge is 2.25. The van der Waals surface area contributed by atoms with E-state index < -0.39 is 0 Å². The van der Waals surface area contributed by atoms with Crippen molar-refractivity contribution in [1.82, 2.24) is 5.32 Å². The minimum Gasteiger partial charge on any atom is -0.331 e. The Morgan fingerprint density at radius 2 is 1.75 bits per heavy atom. The smallest absolute Gasteiger partial charge is 0.322 e. The number of nitrogens with one attached hydrogen (secondary N) is 1. The van der Waals surface area contributed by atoms with Crippen LogP contribution in [0.4, 0.5) is 10.5 Å². The molecule has 3 nitrogen and oxygen atoms in total. The Bertz CT molecular complexity index is 898. The Morgan fingerprint density at radius 3 is 2.67 bits per heavy atom. The average molecular weight is 316 g/mol. The summed E-state index contributed by atoms with van der Waals surface area (Å²) in [4.78, 5) is 14.6. The van der Waals surface area contributed by atoms with Crippen LogP contribution in [0.2, 0.25) is 0 Å². The van der Waals surface area contributed by atoms with Crippen molar-refractivity contribution in [3.8, 4) is 0 Å². The van der Waals surface area contributed by atoms with Crippen LogP contribution in [0.5, 0.6) is 0 Å². The SMILES string of the molecule is CC(NC(=O)N1CCc2ccccc21)c1cccc2ccccc12. The number of hydrogen-bond donors (Lipinski definition) is 1. The number of anilines is 1. The summed E-state index contributed by atoms with van der Waals surface area (Å²) in [5.41, 5.74) is 3.42. The van der Waals surface area contributed by atoms with E-state index in [1.807, 2.05) is 48.2 Å². The summed E-state index contributed by atoms with van der Waals surface area (Å²) in [6.45, 7) is 2.79. The minimum atomic E-state index is -0.0450. The molecule has 0 aromatic heterocycles. The maximum atomic E-state index is 12.7. The molecule has 0 fully saturated rings. The molecular formula is C21H20N2O. The van der Waals surface area contributed by atoms with Crippen LogP contribution in [0.3, 0.4) is 0 Å². The molecule has 1 N–H and O–H groups in total. The molecule has 120 valence electrons. The highest BCUT2D eigenvalue weighted by atomic mass is 16.2. The van der Waals surface area contributed by atoms with Gasteiger partial charge in [0.2, 0.25) is 0 Å². The standard InChI is InChI=1S/C21H20N2O/c1-15(18-11-6-9-16-7-2-4-10-19(16)18)22-21(24)23-14-13-17-8-3-5-12-20(17)23/h2-12,15H,13-14H2,1H3,(H,22,24). The Labute approximate surface area is 141 Å². The number of carbonyl (C=O) groups is 1. The molecule has 1 unspecified atom stereocenters. The van der Waals surface area contributed by atoms with E-state index in [9.17, 15) is 4.79 Å². The van der Waals surface area contributed by atoms with Gasteiger partial charge in [0, 0.05) is 12.2 Å². The van der Waals surface area contributed by atoms with Crippen molar-refractivity contribution in [3.05, 3.63) is 77.9 Å². The second-order valence-electron chi connectivity index (χ2n) is 6.27. The van der Waals surface area contributed by atoms with Crippen LogP contribution < -0.4 is 10.2 Å². The molecule has 4 rings (SSSR count). The van der Waals surface area contributed by atoms with Gasteiger partial charge in [0.1, 0.15) is 0 Å². The van der Waals surface area contributed by atoms with Gasteiger partial charge in [0.15, 0.2) is 0 Å². The molecule has 0 spiro atoms. The van der Waals surface area contributed by atoms with Gasteiger partial charge in [-0.25, -0.2) is 4.79 Å². The van der Waals surface area contributed by atoms with Crippen LogP contribution in [-0.4, -0.2) is 12.6 Å². The zero-order chi connectivity index (χ0) is 16.5. The predicted molar refractivity (Wildman–Crippen MR) is 98.4 cm³/mol. The summed E-state index contributed by atoms with van der Waals surface area (Å²) in [7, 11) is 0. The predicted octanol–water partition coefficient (Wildman–Crippen LogP) is 4.67. The molecule has 3 heteroatoms. The summed E-state index contributed by atoms with van der Waals surface area (Å²) in [5.74, 6) is 0. The van der Waals surface area contributed by atoms with Gasteiger partial charge >= 0.3 is 6.03 Å². The number of hydrogen-bond acceptors (Lipinski definition) is 1. The maximum absolute atomic E-state index is 12.7. The van der Waals surface area contributed by atoms with E-state index in [1.165, 1.54) is 16.3 Å². The zero-order valence-corrected chi connectivity index (χ0v) is 13.7. The van der Waals surface area contributed by atoms with E-state index in [4.69, 9.17) is 0 Å². The third-order valence-corrected chi connectivity index (χ3v) is 4.76. The lowest BCUT2D eigenvalue weighted by atomic mass is 10.00. The summed E-state index contributed by atoms with van der Waals surface area (Å²) in [6.07, 6.45) is 0.923. The number of para-hydroxylation sites is 1. The summed E-state index contributed by atoms with van der Waals surface area (Å²) < 4.78 is 0. The second kappa shape index (κ2) is 6.00. The molecule has 0 saturated heterocycles. The Hall–Kier alpha value is -2.81. The molecule has 1 atom stereocenters. The first-order chi connectivity index (χ1) is 11.7. The highest BCUT2D eigenvalue weighted by Crippen LogP contribution is 2.29. The van der Waals surface area contributed by atoms with Crippen LogP contribution >= 0.6 is 0 Å². The van der Waals surface area contributed by atoms with Gasteiger partial charge in [-0.2, -0.15) is 0 Å². The average Bonchev–Trinajstić information content (AvgIpc) is 3.05. The fourth-order valence-electron chi connectivity index (χ4n) is 3.52. The van der Waals surface area contributed by atoms with Crippen LogP contribution in [0.25, 0.3) is 10.8 Å². The number of nitrogens with zero attached hydrogens (tertiary/aromatic N) is 1. The highest BCUT2D eigenvalue weighted by molar-refractivity contribution is 5.95. The number of urea groups is 1. The Morgan fingerprint density at radius 1 is 1.00 bits per heavy atom. The van der Waals surface area contributed by atoms with Crippen LogP contribution in [0.15, 0.2) is 66.7 Å². The van der Waals surface area contributed by atoms with E-state index in [-0.39, 0.29) is 12.1 Å². The molecule has 3 aromatic rings. The zero-order valence-electron chi connectivity index (χ0n) is 13.7. The topological polar surface area (TPSA) is 32.3 Å². The molecule has 0 bridgehead atoms. The van der Waals surface area contributed by atoms with Crippen molar-refractivity contribution in [3.63, 3.8) is 0 Å². The third kappa shape index (κ3) is 2.52. The fraction of sp³-hybridized carbons (Fsp3) is 0.190. The molecule has 24 heavy (non-hydrogen) atoms. The molecule has 1 aliphatic heterocycles. The molecule has 3 aromatic carbocycles. The number of amides is 2. The van der Waals surface area contributed by atoms with E-state index in [2.05, 4.69) is 35.6 Å². The first-order valence-corrected chi connectivity index (χ1v) is 8.37. The fourth-order valence-corrected chi connectivity index (χ4v) is 3.52. The molecular weight excluding hydrogens is 296 g/mol. The van der Waals surface area contributed by atoms with E-state index in [1.54, 1.807) is 0 Å². The van der Waals surface area contributed by atoms with Crippen molar-refractivity contribution in [2.75, 3.05) is 11.4 Å². The molecule has 1 heterocycles. The van der Waals surface area contributed by atoms with Crippen molar-refractivity contribution in [1.29, 1.82) is 0 Å². The number of rotatable bonds is 2. The van der Waals surface area contributed by atoms with Gasteiger partial charge in [-0.1, -0.05) is 60.7 Å². The van der Waals surface area contributed by atoms with Gasteiger partial charge in [0.05, 0.1) is 6.04 Å². The monoisotopic (exact) mass is 316 g/mol. The van der Waals surface area contributed by atoms with Crippen molar-refractivity contribution in [2.24, 2.45) is 0 Å². The van der Waals surface area contributed by atoms with Crippen molar-refractivity contribution < 1.29 is 4.79 Å². The lowest BCUT2D eigenvalue weighted by molar-refractivity contribution is 0.244. The minimum absolute atomic E-state index is 0.0274. The van der Waals surface area contributed by atoms with Gasteiger partial charge in [0.25, 0.3) is 0 Å². The Kier molecular flexibility index (Phi) is 3.69. The van der Waals surface area contributed by atoms with Gasteiger partial charge in [-0.15, -0.1) is 0 Å². The second-order valence-corrected chi connectivity index (χ2v) is 6.27. The molecule has 0 aliphatic carbocycles. The third-order valence-electron chi connectivity index (χ3n) is 4.76. The van der Waals surface area contributed by atoms with Gasteiger partial charge in [-0.05, 0) is 41.3 Å². The first kappa shape index (κ1) is 14.8. The maximum Gasteiger partial charge on any atom is 0.322 e. The lowest BCUT2D eigenvalue weighted by Crippen LogP contribution is -2.40. The van der Waals surface area contributed by atoms with Gasteiger partial charge < -0.3 is 5.32 Å². The number of benzene rings is 3. The summed E-state index contributed by atoms with van der Waals surface area (Å²) >= 11 is 0.